The van der Waals surface area contributed by atoms with E-state index in [2.05, 4.69) is 5.32 Å². The van der Waals surface area contributed by atoms with Gasteiger partial charge in [-0.05, 0) is 37.7 Å². The fourth-order valence-electron chi connectivity index (χ4n) is 2.53. The largest absolute Gasteiger partial charge is 0.463 e. The molecule has 1 aromatic carbocycles. The van der Waals surface area contributed by atoms with Gasteiger partial charge >= 0.3 is 5.97 Å². The van der Waals surface area contributed by atoms with Gasteiger partial charge in [-0.15, -0.1) is 0 Å². The molecule has 1 N–H and O–H groups in total. The minimum Gasteiger partial charge on any atom is -0.463 e. The Bertz CT molecular complexity index is 702. The van der Waals surface area contributed by atoms with Crippen molar-refractivity contribution in [2.75, 3.05) is 6.61 Å². The number of carbonyl (C=O) groups excluding carboxylic acids is 2. The van der Waals surface area contributed by atoms with E-state index in [-0.39, 0.29) is 17.6 Å². The van der Waals surface area contributed by atoms with E-state index in [0.29, 0.717) is 21.9 Å². The van der Waals surface area contributed by atoms with E-state index in [4.69, 9.17) is 28.6 Å². The maximum absolute atomic E-state index is 12.4. The number of ether oxygens (including phenoxy) is 1. The van der Waals surface area contributed by atoms with Crippen molar-refractivity contribution in [1.82, 2.24) is 10.2 Å². The molecule has 23 heavy (non-hydrogen) atoms. The van der Waals surface area contributed by atoms with Crippen molar-refractivity contribution in [1.29, 1.82) is 0 Å². The summed E-state index contributed by atoms with van der Waals surface area (Å²) >= 11 is 11.6. The maximum atomic E-state index is 12.4. The van der Waals surface area contributed by atoms with Gasteiger partial charge in [-0.25, -0.2) is 4.79 Å². The summed E-state index contributed by atoms with van der Waals surface area (Å²) in [6.07, 6.45) is 0. The van der Waals surface area contributed by atoms with Crippen molar-refractivity contribution < 1.29 is 14.3 Å². The van der Waals surface area contributed by atoms with Crippen LogP contribution in [0.15, 0.2) is 35.5 Å². The third-order valence-corrected chi connectivity index (χ3v) is 4.13. The third kappa shape index (κ3) is 3.38. The van der Waals surface area contributed by atoms with Gasteiger partial charge in [0.05, 0.1) is 18.2 Å². The molecule has 7 heteroatoms. The Kier molecular flexibility index (Phi) is 5.38. The SMILES string of the molecule is CCOC(=O)C1=C(C)NC(=S)N(C(C)=O)[C@H]1c1ccccc1Cl. The number of allylic oxidation sites excluding steroid dienone is 1. The molecule has 0 unspecified atom stereocenters. The highest BCUT2D eigenvalue weighted by Crippen LogP contribution is 2.37. The van der Waals surface area contributed by atoms with Crippen LogP contribution in [0.5, 0.6) is 0 Å². The van der Waals surface area contributed by atoms with Gasteiger partial charge in [0.2, 0.25) is 5.91 Å². The van der Waals surface area contributed by atoms with Crippen LogP contribution in [0.3, 0.4) is 0 Å². The highest BCUT2D eigenvalue weighted by Gasteiger charge is 2.39. The number of nitrogens with one attached hydrogen (secondary N) is 1. The second kappa shape index (κ2) is 7.10. The molecule has 5 nitrogen and oxygen atoms in total. The van der Waals surface area contributed by atoms with Gasteiger partial charge in [-0.2, -0.15) is 0 Å². The number of carbonyl (C=O) groups is 2. The molecule has 1 heterocycles. The van der Waals surface area contributed by atoms with Crippen LogP contribution in [0.2, 0.25) is 5.02 Å². The first-order chi connectivity index (χ1) is 10.9. The zero-order chi connectivity index (χ0) is 17.1. The Morgan fingerprint density at radius 1 is 1.39 bits per heavy atom. The van der Waals surface area contributed by atoms with E-state index in [1.807, 2.05) is 0 Å². The number of benzene rings is 1. The number of rotatable bonds is 3. The van der Waals surface area contributed by atoms with Gasteiger partial charge < -0.3 is 10.1 Å². The van der Waals surface area contributed by atoms with Crippen LogP contribution in [0.25, 0.3) is 0 Å². The molecule has 0 radical (unpaired) electrons. The maximum Gasteiger partial charge on any atom is 0.338 e. The monoisotopic (exact) mass is 352 g/mol. The van der Waals surface area contributed by atoms with Crippen molar-refractivity contribution in [3.8, 4) is 0 Å². The average Bonchev–Trinajstić information content (AvgIpc) is 2.46. The number of hydrogen-bond acceptors (Lipinski definition) is 4. The summed E-state index contributed by atoms with van der Waals surface area (Å²) in [6.45, 7) is 5.07. The second-order valence-electron chi connectivity index (χ2n) is 5.00. The molecular formula is C16H17ClN2O3S. The summed E-state index contributed by atoms with van der Waals surface area (Å²) in [5.74, 6) is -0.794. The lowest BCUT2D eigenvalue weighted by molar-refractivity contribution is -0.139. The molecule has 0 aliphatic carbocycles. The Labute approximate surface area is 145 Å². The van der Waals surface area contributed by atoms with E-state index in [9.17, 15) is 9.59 Å². The standard InChI is InChI=1S/C16H17ClN2O3S/c1-4-22-15(21)13-9(2)18-16(23)19(10(3)20)14(13)11-7-5-6-8-12(11)17/h5-8,14H,4H2,1-3H3,(H,18,23)/t14-/m0/s1. The molecule has 1 atom stereocenters. The van der Waals surface area contributed by atoms with Crippen LogP contribution in [-0.2, 0) is 14.3 Å². The van der Waals surface area contributed by atoms with Crippen molar-refractivity contribution in [2.45, 2.75) is 26.8 Å². The molecule has 0 saturated carbocycles. The summed E-state index contributed by atoms with van der Waals surface area (Å²) < 4.78 is 5.15. The van der Waals surface area contributed by atoms with Gasteiger partial charge in [0.15, 0.2) is 5.11 Å². The summed E-state index contributed by atoms with van der Waals surface area (Å²) in [6, 6.07) is 6.34. The molecule has 122 valence electrons. The van der Waals surface area contributed by atoms with E-state index in [0.717, 1.165) is 0 Å². The molecule has 1 aromatic rings. The lowest BCUT2D eigenvalue weighted by Gasteiger charge is -2.38. The van der Waals surface area contributed by atoms with Gasteiger partial charge in [0.1, 0.15) is 0 Å². The minimum absolute atomic E-state index is 0.230. The normalized spacial score (nSPS) is 17.8. The van der Waals surface area contributed by atoms with Gasteiger partial charge in [-0.1, -0.05) is 29.8 Å². The van der Waals surface area contributed by atoms with Gasteiger partial charge in [-0.3, -0.25) is 9.69 Å². The van der Waals surface area contributed by atoms with Crippen LogP contribution >= 0.6 is 23.8 Å². The summed E-state index contributed by atoms with van der Waals surface area (Å²) in [4.78, 5) is 25.9. The Morgan fingerprint density at radius 2 is 2.04 bits per heavy atom. The minimum atomic E-state index is -0.714. The molecule has 1 amide bonds. The van der Waals surface area contributed by atoms with Crippen molar-refractivity contribution in [3.63, 3.8) is 0 Å². The number of halogens is 1. The summed E-state index contributed by atoms with van der Waals surface area (Å²) in [5, 5.41) is 3.57. The topological polar surface area (TPSA) is 58.6 Å². The van der Waals surface area contributed by atoms with Crippen LogP contribution in [0, 0.1) is 0 Å². The Balaban J connectivity index is 2.67. The van der Waals surface area contributed by atoms with Crippen LogP contribution in [-0.4, -0.2) is 28.5 Å². The van der Waals surface area contributed by atoms with Gasteiger partial charge in [0, 0.05) is 17.6 Å². The molecular weight excluding hydrogens is 336 g/mol. The lowest BCUT2D eigenvalue weighted by Crippen LogP contribution is -2.50. The number of thiocarbonyl (C=S) groups is 1. The molecule has 0 bridgehead atoms. The highest BCUT2D eigenvalue weighted by atomic mass is 35.5. The van der Waals surface area contributed by atoms with E-state index >= 15 is 0 Å². The molecule has 0 spiro atoms. The number of hydrogen-bond donors (Lipinski definition) is 1. The smallest absolute Gasteiger partial charge is 0.338 e. The van der Waals surface area contributed by atoms with Crippen LogP contribution < -0.4 is 5.32 Å². The number of nitrogens with zero attached hydrogens (tertiary/aromatic N) is 1. The van der Waals surface area contributed by atoms with E-state index in [1.165, 1.54) is 11.8 Å². The van der Waals surface area contributed by atoms with Gasteiger partial charge in [0.25, 0.3) is 0 Å². The molecule has 0 aromatic heterocycles. The first-order valence-corrected chi connectivity index (χ1v) is 7.90. The fraction of sp³-hybridized carbons (Fsp3) is 0.312. The highest BCUT2D eigenvalue weighted by molar-refractivity contribution is 7.80. The Hall–Kier alpha value is -1.92. The zero-order valence-electron chi connectivity index (χ0n) is 13.1. The first-order valence-electron chi connectivity index (χ1n) is 7.11. The van der Waals surface area contributed by atoms with Crippen molar-refractivity contribution in [2.24, 2.45) is 0 Å². The second-order valence-corrected chi connectivity index (χ2v) is 5.80. The first kappa shape index (κ1) is 17.4. The van der Waals surface area contributed by atoms with E-state index < -0.39 is 12.0 Å². The lowest BCUT2D eigenvalue weighted by atomic mass is 9.94. The molecule has 1 aliphatic rings. The number of esters is 1. The zero-order valence-corrected chi connectivity index (χ0v) is 14.6. The van der Waals surface area contributed by atoms with E-state index in [1.54, 1.807) is 38.1 Å². The predicted octanol–water partition coefficient (Wildman–Crippen LogP) is 2.95. The van der Waals surface area contributed by atoms with Crippen molar-refractivity contribution >= 4 is 40.8 Å². The van der Waals surface area contributed by atoms with Crippen molar-refractivity contribution in [3.05, 3.63) is 46.1 Å². The predicted molar refractivity (Wildman–Crippen MR) is 91.8 cm³/mol. The average molecular weight is 353 g/mol. The summed E-state index contributed by atoms with van der Waals surface area (Å²) in [7, 11) is 0. The quantitative estimate of drug-likeness (QED) is 0.669. The molecule has 2 rings (SSSR count). The molecule has 1 aliphatic heterocycles. The van der Waals surface area contributed by atoms with Crippen LogP contribution in [0.1, 0.15) is 32.4 Å². The summed E-state index contributed by atoms with van der Waals surface area (Å²) in [5.41, 5.74) is 1.50. The fourth-order valence-corrected chi connectivity index (χ4v) is 3.16. The van der Waals surface area contributed by atoms with Crippen LogP contribution in [0.4, 0.5) is 0 Å². The molecule has 0 saturated heterocycles. The third-order valence-electron chi connectivity index (χ3n) is 3.48. The number of amides is 1. The Morgan fingerprint density at radius 3 is 2.61 bits per heavy atom. The molecule has 0 fully saturated rings.